The maximum atomic E-state index is 4.31. The maximum absolute atomic E-state index is 4.31. The second-order valence-electron chi connectivity index (χ2n) is 5.44. The third kappa shape index (κ3) is 3.22. The molecule has 2 heterocycles. The SMILES string of the molecule is CCCNC1CCN(c2cncc(C)c2)C(C)C1. The van der Waals surface area contributed by atoms with Gasteiger partial charge in [0.1, 0.15) is 0 Å². The van der Waals surface area contributed by atoms with Gasteiger partial charge < -0.3 is 10.2 Å². The minimum atomic E-state index is 0.594. The summed E-state index contributed by atoms with van der Waals surface area (Å²) in [6.45, 7) is 8.93. The van der Waals surface area contributed by atoms with Crippen LogP contribution in [0.25, 0.3) is 0 Å². The van der Waals surface area contributed by atoms with Gasteiger partial charge in [0.15, 0.2) is 0 Å². The third-order valence-corrected chi connectivity index (χ3v) is 3.75. The Morgan fingerprint density at radius 2 is 2.28 bits per heavy atom. The van der Waals surface area contributed by atoms with Crippen molar-refractivity contribution in [1.29, 1.82) is 0 Å². The Hall–Kier alpha value is -1.09. The molecule has 0 aliphatic carbocycles. The minimum Gasteiger partial charge on any atom is -0.367 e. The zero-order valence-corrected chi connectivity index (χ0v) is 11.8. The lowest BCUT2D eigenvalue weighted by Gasteiger charge is -2.39. The van der Waals surface area contributed by atoms with Crippen LogP contribution in [0.15, 0.2) is 18.5 Å². The third-order valence-electron chi connectivity index (χ3n) is 3.75. The van der Waals surface area contributed by atoms with Gasteiger partial charge in [0.2, 0.25) is 0 Å². The molecule has 0 saturated carbocycles. The van der Waals surface area contributed by atoms with Crippen molar-refractivity contribution in [3.8, 4) is 0 Å². The summed E-state index contributed by atoms with van der Waals surface area (Å²) >= 11 is 0. The predicted molar refractivity (Wildman–Crippen MR) is 77.1 cm³/mol. The maximum Gasteiger partial charge on any atom is 0.0557 e. The first-order valence-electron chi connectivity index (χ1n) is 7.12. The molecule has 1 aromatic rings. The summed E-state index contributed by atoms with van der Waals surface area (Å²) in [7, 11) is 0. The van der Waals surface area contributed by atoms with Crippen LogP contribution in [0.1, 0.15) is 38.7 Å². The molecule has 2 atom stereocenters. The molecular weight excluding hydrogens is 222 g/mol. The average Bonchev–Trinajstić information content (AvgIpc) is 2.36. The Morgan fingerprint density at radius 3 is 2.94 bits per heavy atom. The van der Waals surface area contributed by atoms with Crippen molar-refractivity contribution in [3.05, 3.63) is 24.0 Å². The fourth-order valence-corrected chi connectivity index (χ4v) is 2.79. The lowest BCUT2D eigenvalue weighted by atomic mass is 9.97. The summed E-state index contributed by atoms with van der Waals surface area (Å²) in [5, 5.41) is 3.64. The van der Waals surface area contributed by atoms with Gasteiger partial charge in [-0.05, 0) is 51.3 Å². The number of nitrogens with zero attached hydrogens (tertiary/aromatic N) is 2. The average molecular weight is 247 g/mol. The van der Waals surface area contributed by atoms with Crippen LogP contribution < -0.4 is 10.2 Å². The summed E-state index contributed by atoms with van der Waals surface area (Å²) < 4.78 is 0. The molecule has 0 bridgehead atoms. The van der Waals surface area contributed by atoms with E-state index < -0.39 is 0 Å². The number of hydrogen-bond donors (Lipinski definition) is 1. The van der Waals surface area contributed by atoms with Crippen molar-refractivity contribution in [3.63, 3.8) is 0 Å². The van der Waals surface area contributed by atoms with Gasteiger partial charge in [-0.25, -0.2) is 0 Å². The molecule has 1 fully saturated rings. The first-order chi connectivity index (χ1) is 8.70. The zero-order valence-electron chi connectivity index (χ0n) is 11.8. The van der Waals surface area contributed by atoms with E-state index in [1.165, 1.54) is 30.5 Å². The Morgan fingerprint density at radius 1 is 1.44 bits per heavy atom. The smallest absolute Gasteiger partial charge is 0.0557 e. The fraction of sp³-hybridized carbons (Fsp3) is 0.667. The van der Waals surface area contributed by atoms with Crippen LogP contribution in [0, 0.1) is 6.92 Å². The molecule has 1 N–H and O–H groups in total. The van der Waals surface area contributed by atoms with Crippen molar-refractivity contribution in [1.82, 2.24) is 10.3 Å². The molecule has 0 amide bonds. The number of rotatable bonds is 4. The van der Waals surface area contributed by atoms with E-state index in [1.54, 1.807) is 0 Å². The molecule has 2 unspecified atom stereocenters. The molecule has 0 spiro atoms. The Balaban J connectivity index is 1.97. The topological polar surface area (TPSA) is 28.2 Å². The molecule has 1 saturated heterocycles. The normalized spacial score (nSPS) is 24.3. The summed E-state index contributed by atoms with van der Waals surface area (Å²) in [5.41, 5.74) is 2.52. The summed E-state index contributed by atoms with van der Waals surface area (Å²) in [5.74, 6) is 0. The molecule has 100 valence electrons. The van der Waals surface area contributed by atoms with E-state index in [2.05, 4.69) is 42.0 Å². The highest BCUT2D eigenvalue weighted by Gasteiger charge is 2.25. The highest BCUT2D eigenvalue weighted by atomic mass is 15.2. The molecule has 0 radical (unpaired) electrons. The number of aryl methyl sites for hydroxylation is 1. The van der Waals surface area contributed by atoms with Gasteiger partial charge in [-0.2, -0.15) is 0 Å². The van der Waals surface area contributed by atoms with Crippen molar-refractivity contribution in [2.45, 2.75) is 52.1 Å². The van der Waals surface area contributed by atoms with Crippen molar-refractivity contribution in [2.75, 3.05) is 18.0 Å². The first kappa shape index (κ1) is 13.3. The second-order valence-corrected chi connectivity index (χ2v) is 5.44. The van der Waals surface area contributed by atoms with Gasteiger partial charge in [0.25, 0.3) is 0 Å². The largest absolute Gasteiger partial charge is 0.367 e. The number of pyridine rings is 1. The highest BCUT2D eigenvalue weighted by molar-refractivity contribution is 5.47. The lowest BCUT2D eigenvalue weighted by Crippen LogP contribution is -2.47. The Labute approximate surface area is 111 Å². The van der Waals surface area contributed by atoms with Gasteiger partial charge in [-0.15, -0.1) is 0 Å². The van der Waals surface area contributed by atoms with Crippen LogP contribution in [0.5, 0.6) is 0 Å². The Kier molecular flexibility index (Phi) is 4.59. The van der Waals surface area contributed by atoms with Crippen LogP contribution in [0.3, 0.4) is 0 Å². The van der Waals surface area contributed by atoms with Gasteiger partial charge in [-0.3, -0.25) is 4.98 Å². The van der Waals surface area contributed by atoms with Gasteiger partial charge in [0, 0.05) is 24.8 Å². The summed E-state index contributed by atoms with van der Waals surface area (Å²) in [6.07, 6.45) is 7.59. The van der Waals surface area contributed by atoms with E-state index in [0.29, 0.717) is 12.1 Å². The number of hydrogen-bond acceptors (Lipinski definition) is 3. The fourth-order valence-electron chi connectivity index (χ4n) is 2.79. The number of piperidine rings is 1. The van der Waals surface area contributed by atoms with Crippen LogP contribution in [-0.4, -0.2) is 30.2 Å². The predicted octanol–water partition coefficient (Wildman–Crippen LogP) is 2.75. The van der Waals surface area contributed by atoms with Gasteiger partial charge in [0.05, 0.1) is 11.9 Å². The Bertz CT molecular complexity index is 378. The monoisotopic (exact) mass is 247 g/mol. The number of anilines is 1. The standard InChI is InChI=1S/C15H25N3/c1-4-6-17-14-5-7-18(13(3)9-14)15-8-12(2)10-16-11-15/h8,10-11,13-14,17H,4-7,9H2,1-3H3. The quantitative estimate of drug-likeness (QED) is 0.886. The van der Waals surface area contributed by atoms with Crippen LogP contribution in [0.2, 0.25) is 0 Å². The highest BCUT2D eigenvalue weighted by Crippen LogP contribution is 2.24. The minimum absolute atomic E-state index is 0.594. The van der Waals surface area contributed by atoms with Crippen molar-refractivity contribution >= 4 is 5.69 Å². The molecule has 3 nitrogen and oxygen atoms in total. The van der Waals surface area contributed by atoms with E-state index in [0.717, 1.165) is 13.1 Å². The zero-order chi connectivity index (χ0) is 13.0. The summed E-state index contributed by atoms with van der Waals surface area (Å²) in [6, 6.07) is 3.52. The van der Waals surface area contributed by atoms with Crippen molar-refractivity contribution < 1.29 is 0 Å². The molecule has 1 aliphatic rings. The van der Waals surface area contributed by atoms with Crippen molar-refractivity contribution in [2.24, 2.45) is 0 Å². The van der Waals surface area contributed by atoms with Crippen LogP contribution in [-0.2, 0) is 0 Å². The van der Waals surface area contributed by atoms with Crippen LogP contribution >= 0.6 is 0 Å². The molecular formula is C15H25N3. The van der Waals surface area contributed by atoms with E-state index in [1.807, 2.05) is 12.4 Å². The molecule has 2 rings (SSSR count). The molecule has 18 heavy (non-hydrogen) atoms. The molecule has 3 heteroatoms. The molecule has 1 aliphatic heterocycles. The van der Waals surface area contributed by atoms with E-state index in [-0.39, 0.29) is 0 Å². The number of nitrogens with one attached hydrogen (secondary N) is 1. The van der Waals surface area contributed by atoms with E-state index >= 15 is 0 Å². The molecule has 1 aromatic heterocycles. The van der Waals surface area contributed by atoms with Gasteiger partial charge >= 0.3 is 0 Å². The first-order valence-corrected chi connectivity index (χ1v) is 7.12. The van der Waals surface area contributed by atoms with Gasteiger partial charge in [-0.1, -0.05) is 6.92 Å². The number of aromatic nitrogens is 1. The second kappa shape index (κ2) is 6.19. The van der Waals surface area contributed by atoms with Crippen LogP contribution in [0.4, 0.5) is 5.69 Å². The lowest BCUT2D eigenvalue weighted by molar-refractivity contribution is 0.368. The van der Waals surface area contributed by atoms with E-state index in [9.17, 15) is 0 Å². The van der Waals surface area contributed by atoms with E-state index in [4.69, 9.17) is 0 Å². The molecule has 0 aromatic carbocycles. The summed E-state index contributed by atoms with van der Waals surface area (Å²) in [4.78, 5) is 6.80.